The Labute approximate surface area is 199 Å². The minimum atomic E-state index is -3.81. The average molecular weight is 490 g/mol. The maximum absolute atomic E-state index is 13.3. The Kier molecular flexibility index (Phi) is 8.10. The van der Waals surface area contributed by atoms with Crippen LogP contribution in [0.5, 0.6) is 5.75 Å². The molecule has 1 heterocycles. The number of anilines is 1. The normalized spacial score (nSPS) is 11.8. The summed E-state index contributed by atoms with van der Waals surface area (Å²) in [6.45, 7) is 10.9. The van der Waals surface area contributed by atoms with Crippen LogP contribution in [-0.4, -0.2) is 63.3 Å². The second-order valence-electron chi connectivity index (χ2n) is 7.91. The molecule has 1 amide bonds. The zero-order valence-corrected chi connectivity index (χ0v) is 21.4. The number of hydrogen-bond donors (Lipinski definition) is 0. The molecule has 0 aliphatic rings. The van der Waals surface area contributed by atoms with Crippen molar-refractivity contribution in [3.63, 3.8) is 0 Å². The number of methoxy groups -OCH3 is 1. The third-order valence-corrected chi connectivity index (χ3v) is 8.45. The van der Waals surface area contributed by atoms with Gasteiger partial charge < -0.3 is 9.64 Å². The summed E-state index contributed by atoms with van der Waals surface area (Å²) >= 11 is 1.41. The lowest BCUT2D eigenvalue weighted by Gasteiger charge is -2.24. The smallest absolute Gasteiger partial charge is 0.244 e. The molecule has 0 radical (unpaired) electrons. The molecule has 33 heavy (non-hydrogen) atoms. The SMILES string of the molecule is CCN(CC)CCN(C(=O)CS(=O)(=O)c1ccc(OC)cc1)c1nc2cc(C)c(C)cc2s1. The monoisotopic (exact) mass is 489 g/mol. The number of aromatic nitrogens is 1. The molecule has 0 unspecified atom stereocenters. The van der Waals surface area contributed by atoms with Gasteiger partial charge in [-0.05, 0) is 74.5 Å². The Balaban J connectivity index is 1.91. The number of likely N-dealkylation sites (N-methyl/N-ethyl adjacent to an activating group) is 1. The molecule has 2 aromatic carbocycles. The average Bonchev–Trinajstić information content (AvgIpc) is 3.18. The highest BCUT2D eigenvalue weighted by atomic mass is 32.2. The quantitative estimate of drug-likeness (QED) is 0.427. The number of ether oxygens (including phenoxy) is 1. The van der Waals surface area contributed by atoms with Gasteiger partial charge in [0.2, 0.25) is 5.91 Å². The molecule has 0 aliphatic heterocycles. The number of thiazole rings is 1. The highest BCUT2D eigenvalue weighted by molar-refractivity contribution is 7.92. The highest BCUT2D eigenvalue weighted by Crippen LogP contribution is 2.31. The molecule has 1 aromatic heterocycles. The van der Waals surface area contributed by atoms with Gasteiger partial charge in [-0.1, -0.05) is 25.2 Å². The van der Waals surface area contributed by atoms with E-state index in [4.69, 9.17) is 4.74 Å². The number of carbonyl (C=O) groups excluding carboxylic acids is 1. The van der Waals surface area contributed by atoms with Crippen LogP contribution < -0.4 is 9.64 Å². The Morgan fingerprint density at radius 1 is 1.03 bits per heavy atom. The lowest BCUT2D eigenvalue weighted by Crippen LogP contribution is -2.41. The number of amides is 1. The van der Waals surface area contributed by atoms with E-state index in [0.29, 0.717) is 24.0 Å². The number of aryl methyl sites for hydroxylation is 2. The molecular weight excluding hydrogens is 458 g/mol. The fourth-order valence-electron chi connectivity index (χ4n) is 3.50. The Bertz CT molecular complexity index is 1180. The first-order valence-electron chi connectivity index (χ1n) is 11.0. The van der Waals surface area contributed by atoms with Crippen molar-refractivity contribution in [1.82, 2.24) is 9.88 Å². The van der Waals surface area contributed by atoms with Gasteiger partial charge in [-0.2, -0.15) is 0 Å². The number of carbonyl (C=O) groups is 1. The van der Waals surface area contributed by atoms with Crippen molar-refractivity contribution in [2.75, 3.05) is 43.9 Å². The van der Waals surface area contributed by atoms with Crippen molar-refractivity contribution in [2.24, 2.45) is 0 Å². The minimum Gasteiger partial charge on any atom is -0.497 e. The molecule has 0 fully saturated rings. The Morgan fingerprint density at radius 2 is 1.67 bits per heavy atom. The number of fused-ring (bicyclic) bond motifs is 1. The Hall–Kier alpha value is -2.49. The minimum absolute atomic E-state index is 0.0934. The third-order valence-electron chi connectivity index (χ3n) is 5.79. The molecule has 0 bridgehead atoms. The highest BCUT2D eigenvalue weighted by Gasteiger charge is 2.27. The maximum atomic E-state index is 13.3. The summed E-state index contributed by atoms with van der Waals surface area (Å²) in [6.07, 6.45) is 0. The van der Waals surface area contributed by atoms with Gasteiger partial charge in [-0.15, -0.1) is 0 Å². The Morgan fingerprint density at radius 3 is 2.27 bits per heavy atom. The first-order chi connectivity index (χ1) is 15.7. The van der Waals surface area contributed by atoms with Crippen molar-refractivity contribution in [1.29, 1.82) is 0 Å². The molecule has 0 atom stereocenters. The van der Waals surface area contributed by atoms with E-state index in [1.807, 2.05) is 19.9 Å². The van der Waals surface area contributed by atoms with Crippen LogP contribution in [0.2, 0.25) is 0 Å². The van der Waals surface area contributed by atoms with Crippen LogP contribution in [0.1, 0.15) is 25.0 Å². The van der Waals surface area contributed by atoms with Gasteiger partial charge in [-0.25, -0.2) is 13.4 Å². The zero-order chi connectivity index (χ0) is 24.2. The molecule has 0 spiro atoms. The van der Waals surface area contributed by atoms with Crippen molar-refractivity contribution < 1.29 is 17.9 Å². The van der Waals surface area contributed by atoms with E-state index in [2.05, 4.69) is 29.8 Å². The standard InChI is InChI=1S/C24H31N3O4S2/c1-6-26(7-2)12-13-27(24-25-21-14-17(3)18(4)15-22(21)32-24)23(28)16-33(29,30)20-10-8-19(31-5)9-11-20/h8-11,14-15H,6-7,12-13,16H2,1-5H3. The molecule has 7 nitrogen and oxygen atoms in total. The summed E-state index contributed by atoms with van der Waals surface area (Å²) in [6, 6.07) is 10.1. The lowest BCUT2D eigenvalue weighted by atomic mass is 10.1. The molecule has 0 saturated heterocycles. The van der Waals surface area contributed by atoms with Crippen LogP contribution in [0.4, 0.5) is 5.13 Å². The van der Waals surface area contributed by atoms with E-state index in [1.54, 1.807) is 12.1 Å². The van der Waals surface area contributed by atoms with E-state index in [9.17, 15) is 13.2 Å². The fourth-order valence-corrected chi connectivity index (χ4v) is 5.79. The summed E-state index contributed by atoms with van der Waals surface area (Å²) in [5.74, 6) is -0.544. The van der Waals surface area contributed by atoms with Gasteiger partial charge >= 0.3 is 0 Å². The van der Waals surface area contributed by atoms with Crippen LogP contribution in [0.25, 0.3) is 10.2 Å². The van der Waals surface area contributed by atoms with Crippen LogP contribution in [0.3, 0.4) is 0 Å². The van der Waals surface area contributed by atoms with Crippen molar-refractivity contribution in [2.45, 2.75) is 32.6 Å². The molecule has 3 rings (SSSR count). The molecule has 178 valence electrons. The fraction of sp³-hybridized carbons (Fsp3) is 0.417. The second-order valence-corrected chi connectivity index (χ2v) is 10.9. The zero-order valence-electron chi connectivity index (χ0n) is 19.8. The van der Waals surface area contributed by atoms with Crippen molar-refractivity contribution >= 4 is 42.4 Å². The largest absolute Gasteiger partial charge is 0.497 e. The summed E-state index contributed by atoms with van der Waals surface area (Å²) in [4.78, 5) is 21.8. The van der Waals surface area contributed by atoms with Crippen LogP contribution >= 0.6 is 11.3 Å². The molecule has 3 aromatic rings. The number of benzene rings is 2. The second kappa shape index (κ2) is 10.6. The number of sulfone groups is 1. The van der Waals surface area contributed by atoms with E-state index < -0.39 is 21.5 Å². The van der Waals surface area contributed by atoms with Gasteiger partial charge in [-0.3, -0.25) is 9.69 Å². The molecule has 9 heteroatoms. The summed E-state index contributed by atoms with van der Waals surface area (Å²) in [7, 11) is -2.30. The van der Waals surface area contributed by atoms with Crippen molar-refractivity contribution in [3.8, 4) is 5.75 Å². The number of hydrogen-bond acceptors (Lipinski definition) is 7. The first kappa shape index (κ1) is 25.1. The number of rotatable bonds is 10. The summed E-state index contributed by atoms with van der Waals surface area (Å²) in [5.41, 5.74) is 3.10. The van der Waals surface area contributed by atoms with Gasteiger partial charge in [0, 0.05) is 13.1 Å². The van der Waals surface area contributed by atoms with E-state index in [1.165, 1.54) is 35.5 Å². The lowest BCUT2D eigenvalue weighted by molar-refractivity contribution is -0.116. The molecule has 0 aliphatic carbocycles. The van der Waals surface area contributed by atoms with Gasteiger partial charge in [0.25, 0.3) is 0 Å². The van der Waals surface area contributed by atoms with Gasteiger partial charge in [0.1, 0.15) is 11.5 Å². The van der Waals surface area contributed by atoms with Crippen LogP contribution in [0, 0.1) is 13.8 Å². The van der Waals surface area contributed by atoms with Crippen LogP contribution in [0.15, 0.2) is 41.3 Å². The number of nitrogens with zero attached hydrogens (tertiary/aromatic N) is 3. The summed E-state index contributed by atoms with van der Waals surface area (Å²) in [5, 5.41) is 0.525. The van der Waals surface area contributed by atoms with Gasteiger partial charge in [0.05, 0.1) is 22.2 Å². The topological polar surface area (TPSA) is 79.8 Å². The van der Waals surface area contributed by atoms with E-state index in [0.717, 1.165) is 34.4 Å². The predicted molar refractivity (Wildman–Crippen MR) is 134 cm³/mol. The molecular formula is C24H31N3O4S2. The van der Waals surface area contributed by atoms with Gasteiger partial charge in [0.15, 0.2) is 15.0 Å². The van der Waals surface area contributed by atoms with Crippen LogP contribution in [-0.2, 0) is 14.6 Å². The molecule has 0 N–H and O–H groups in total. The predicted octanol–water partition coefficient (Wildman–Crippen LogP) is 4.07. The first-order valence-corrected chi connectivity index (χ1v) is 13.4. The van der Waals surface area contributed by atoms with Crippen molar-refractivity contribution in [3.05, 3.63) is 47.5 Å². The third kappa shape index (κ3) is 5.90. The van der Waals surface area contributed by atoms with E-state index >= 15 is 0 Å². The maximum Gasteiger partial charge on any atom is 0.244 e. The summed E-state index contributed by atoms with van der Waals surface area (Å²) < 4.78 is 32.0. The molecule has 0 saturated carbocycles. The van der Waals surface area contributed by atoms with E-state index in [-0.39, 0.29) is 4.90 Å².